The average molecular weight is 595 g/mol. The monoisotopic (exact) mass is 594 g/mol. The van der Waals surface area contributed by atoms with Crippen LogP contribution in [0.4, 0.5) is 35.3 Å². The first-order valence-electron chi connectivity index (χ1n) is 10.5. The smallest absolute Gasteiger partial charge is 0.310 e. The molecule has 0 spiro atoms. The molecular weight excluding hydrogens is 581 g/mol. The van der Waals surface area contributed by atoms with Crippen molar-refractivity contribution in [1.29, 1.82) is 10.5 Å². The molecule has 4 rings (SSSR count). The van der Waals surface area contributed by atoms with E-state index in [2.05, 4.69) is 15.7 Å². The zero-order valence-corrected chi connectivity index (χ0v) is 21.0. The van der Waals surface area contributed by atoms with Gasteiger partial charge in [0, 0.05) is 12.5 Å². The number of hydrogen-bond acceptors (Lipinski definition) is 5. The summed E-state index contributed by atoms with van der Waals surface area (Å²) in [6.07, 6.45) is 1.20. The highest BCUT2D eigenvalue weighted by Gasteiger charge is 2.65. The number of nitrogens with zero attached hydrogens (tertiary/aromatic N) is 4. The number of anilines is 2. The van der Waals surface area contributed by atoms with Gasteiger partial charge in [-0.05, 0) is 42.7 Å². The zero-order valence-electron chi connectivity index (χ0n) is 18.7. The Labute approximate surface area is 221 Å². The molecule has 200 valence electrons. The first-order chi connectivity index (χ1) is 17.5. The first kappa shape index (κ1) is 27.4. The number of aromatic nitrogens is 2. The summed E-state index contributed by atoms with van der Waals surface area (Å²) in [6, 6.07) is 7.04. The lowest BCUT2D eigenvalue weighted by Crippen LogP contribution is -2.16. The first-order valence-corrected chi connectivity index (χ1v) is 13.2. The van der Waals surface area contributed by atoms with Gasteiger partial charge in [-0.3, -0.25) is 4.79 Å². The van der Waals surface area contributed by atoms with E-state index in [1.54, 1.807) is 12.1 Å². The van der Waals surface area contributed by atoms with Crippen molar-refractivity contribution in [2.45, 2.75) is 24.3 Å². The minimum absolute atomic E-state index is 0.0136. The third kappa shape index (κ3) is 5.62. The van der Waals surface area contributed by atoms with Gasteiger partial charge in [-0.25, -0.2) is 9.07 Å². The summed E-state index contributed by atoms with van der Waals surface area (Å²) in [6.45, 7) is -0.190. The third-order valence-electron chi connectivity index (χ3n) is 5.45. The number of hydrogen-bond donors (Lipinski definition) is 2. The number of carbonyl (C=O) groups excluding carboxylic acids is 1. The van der Waals surface area contributed by atoms with Gasteiger partial charge >= 0.3 is 10.2 Å². The molecule has 1 aliphatic carbocycles. The van der Waals surface area contributed by atoms with Crippen LogP contribution < -0.4 is 10.6 Å². The van der Waals surface area contributed by atoms with E-state index < -0.39 is 48.3 Å². The summed E-state index contributed by atoms with van der Waals surface area (Å²) < 4.78 is 81.7. The third-order valence-corrected chi connectivity index (χ3v) is 7.15. The molecule has 7 nitrogen and oxygen atoms in total. The molecule has 0 saturated heterocycles. The summed E-state index contributed by atoms with van der Waals surface area (Å²) >= 11 is 12.0. The zero-order chi connectivity index (χ0) is 28.1. The van der Waals surface area contributed by atoms with Crippen LogP contribution in [-0.2, 0) is 11.3 Å². The fraction of sp³-hybridized carbons (Fsp3) is 0.182. The highest BCUT2D eigenvalue weighted by molar-refractivity contribution is 8.45. The Hall–Kier alpha value is -3.59. The second-order valence-corrected chi connectivity index (χ2v) is 11.6. The Balaban J connectivity index is 1.84. The molecule has 0 radical (unpaired) electrons. The summed E-state index contributed by atoms with van der Waals surface area (Å²) in [7, 11) is -10.2. The molecule has 2 N–H and O–H groups in total. The summed E-state index contributed by atoms with van der Waals surface area (Å²) in [4.78, 5) is 10.1. The number of benzene rings is 2. The Morgan fingerprint density at radius 2 is 1.71 bits per heavy atom. The van der Waals surface area contributed by atoms with Gasteiger partial charge in [-0.15, -0.1) is 0 Å². The second-order valence-electron chi connectivity index (χ2n) is 8.34. The molecule has 0 bridgehead atoms. The van der Waals surface area contributed by atoms with Crippen LogP contribution in [0.15, 0.2) is 35.2 Å². The Kier molecular flexibility index (Phi) is 6.30. The van der Waals surface area contributed by atoms with Crippen molar-refractivity contribution in [3.63, 3.8) is 0 Å². The SMILES string of the molecule is N#Cc1ccc(CNc2c(NC(=O)C3CC3)c(C#N)nn2-c2c(Cl)cc(S(F)(F)(F)(F)F)cc2Cl)cc1F. The molecule has 1 aliphatic rings. The number of nitrogens with one attached hydrogen (secondary N) is 2. The highest BCUT2D eigenvalue weighted by Crippen LogP contribution is 3.02. The van der Waals surface area contributed by atoms with E-state index in [1.807, 2.05) is 0 Å². The molecule has 0 atom stereocenters. The molecule has 1 fully saturated rings. The van der Waals surface area contributed by atoms with Gasteiger partial charge in [0.2, 0.25) is 5.91 Å². The molecule has 38 heavy (non-hydrogen) atoms. The van der Waals surface area contributed by atoms with Crippen LogP contribution in [0.1, 0.15) is 29.7 Å². The van der Waals surface area contributed by atoms with Crippen molar-refractivity contribution >= 4 is 50.8 Å². The molecule has 0 aliphatic heterocycles. The lowest BCUT2D eigenvalue weighted by Gasteiger charge is -2.40. The van der Waals surface area contributed by atoms with E-state index in [9.17, 15) is 33.9 Å². The van der Waals surface area contributed by atoms with Gasteiger partial charge in [0.25, 0.3) is 0 Å². The molecule has 3 aromatic rings. The van der Waals surface area contributed by atoms with Crippen molar-refractivity contribution in [2.75, 3.05) is 10.6 Å². The van der Waals surface area contributed by atoms with Crippen LogP contribution in [0.25, 0.3) is 5.69 Å². The topological polar surface area (TPSA) is 107 Å². The van der Waals surface area contributed by atoms with Gasteiger partial charge in [0.05, 0.1) is 15.6 Å². The molecule has 1 aromatic heterocycles. The van der Waals surface area contributed by atoms with Crippen LogP contribution in [0.5, 0.6) is 0 Å². The molecule has 1 heterocycles. The summed E-state index contributed by atoms with van der Waals surface area (Å²) in [5, 5.41) is 26.1. The standard InChI is InChI=1S/C22H14Cl2F6N6OS/c23-15-6-14(38(26,27,28,29)30)7-16(24)20(15)36-21(33-10-11-1-2-13(8-31)17(25)5-11)19(18(9-32)35-36)34-22(37)12-3-4-12/h1-2,5-7,12,33H,3-4,10H2,(H,34,37). The Morgan fingerprint density at radius 3 is 2.21 bits per heavy atom. The maximum Gasteiger partial charge on any atom is 0.310 e. The van der Waals surface area contributed by atoms with Crippen LogP contribution in [0, 0.1) is 34.4 Å². The highest BCUT2D eigenvalue weighted by atomic mass is 35.5. The van der Waals surface area contributed by atoms with Crippen LogP contribution in [-0.4, -0.2) is 15.7 Å². The van der Waals surface area contributed by atoms with E-state index in [4.69, 9.17) is 28.5 Å². The Bertz CT molecular complexity index is 1550. The van der Waals surface area contributed by atoms with Gasteiger partial charge in [-0.2, -0.15) is 15.6 Å². The summed E-state index contributed by atoms with van der Waals surface area (Å²) in [5.41, 5.74) is -0.985. The fourth-order valence-corrected chi connectivity index (χ4v) is 4.88. The number of nitriles is 2. The van der Waals surface area contributed by atoms with E-state index >= 15 is 0 Å². The number of amides is 1. The molecular formula is C22H14Cl2F6N6OS. The van der Waals surface area contributed by atoms with Gasteiger partial charge in [-0.1, -0.05) is 48.7 Å². The van der Waals surface area contributed by atoms with Crippen molar-refractivity contribution in [1.82, 2.24) is 9.78 Å². The largest absolute Gasteiger partial charge is 0.364 e. The maximum absolute atomic E-state index is 14.1. The number of halogens is 8. The predicted octanol–water partition coefficient (Wildman–Crippen LogP) is 7.68. The second kappa shape index (κ2) is 8.73. The predicted molar refractivity (Wildman–Crippen MR) is 129 cm³/mol. The van der Waals surface area contributed by atoms with Gasteiger partial charge in [0.1, 0.15) is 34.2 Å². The van der Waals surface area contributed by atoms with Gasteiger partial charge < -0.3 is 10.6 Å². The fourth-order valence-electron chi connectivity index (χ4n) is 3.42. The van der Waals surface area contributed by atoms with Crippen molar-refractivity contribution in [3.8, 4) is 17.8 Å². The van der Waals surface area contributed by atoms with E-state index in [1.165, 1.54) is 12.1 Å². The van der Waals surface area contributed by atoms with Crippen LogP contribution in [0.2, 0.25) is 10.0 Å². The quantitative estimate of drug-likeness (QED) is 0.273. The normalized spacial score (nSPS) is 15.1. The molecule has 1 amide bonds. The molecule has 2 aromatic carbocycles. The maximum atomic E-state index is 14.1. The molecule has 1 saturated carbocycles. The van der Waals surface area contributed by atoms with E-state index in [0.29, 0.717) is 18.4 Å². The van der Waals surface area contributed by atoms with Crippen molar-refractivity contribution in [2.24, 2.45) is 5.92 Å². The van der Waals surface area contributed by atoms with Crippen LogP contribution >= 0.6 is 33.4 Å². The van der Waals surface area contributed by atoms with E-state index in [0.717, 1.165) is 10.7 Å². The molecule has 0 unspecified atom stereocenters. The molecule has 16 heteroatoms. The Morgan fingerprint density at radius 1 is 1.08 bits per heavy atom. The van der Waals surface area contributed by atoms with Crippen molar-refractivity contribution in [3.05, 3.63) is 63.0 Å². The van der Waals surface area contributed by atoms with Crippen LogP contribution in [0.3, 0.4) is 0 Å². The number of rotatable bonds is 7. The lowest BCUT2D eigenvalue weighted by atomic mass is 10.1. The van der Waals surface area contributed by atoms with E-state index in [-0.39, 0.29) is 41.7 Å². The minimum atomic E-state index is -10.2. The lowest BCUT2D eigenvalue weighted by molar-refractivity contribution is -0.117. The summed E-state index contributed by atoms with van der Waals surface area (Å²) in [5.74, 6) is -1.79. The number of carbonyl (C=O) groups is 1. The average Bonchev–Trinajstić information content (AvgIpc) is 3.60. The van der Waals surface area contributed by atoms with Gasteiger partial charge in [0.15, 0.2) is 11.5 Å². The van der Waals surface area contributed by atoms with Crippen molar-refractivity contribution < 1.29 is 28.6 Å². The minimum Gasteiger partial charge on any atom is -0.364 e.